The number of anilines is 1. The highest BCUT2D eigenvalue weighted by atomic mass is 16.5. The minimum Gasteiger partial charge on any atom is -0.493 e. The van der Waals surface area contributed by atoms with Crippen molar-refractivity contribution in [3.05, 3.63) is 83.4 Å². The average Bonchev–Trinajstić information content (AvgIpc) is 3.41. The standard InChI is InChI=1S/C27H28N2O5/c1-27(2,3)18-9-11-19(12-10-18)28-24-23(17-8-13-21(32-4)22(15-17)33-5)25(30)29(26(24)31)16-20-7-6-14-34-20/h6-15,28H,16H2,1-5H3. The fourth-order valence-electron chi connectivity index (χ4n) is 3.85. The van der Waals surface area contributed by atoms with Crippen LogP contribution in [0.15, 0.2) is 71.0 Å². The first kappa shape index (κ1) is 23.2. The average molecular weight is 461 g/mol. The Morgan fingerprint density at radius 3 is 2.21 bits per heavy atom. The van der Waals surface area contributed by atoms with Crippen molar-refractivity contribution in [2.45, 2.75) is 32.7 Å². The van der Waals surface area contributed by atoms with E-state index in [1.807, 2.05) is 24.3 Å². The molecule has 0 aliphatic carbocycles. The molecule has 0 atom stereocenters. The lowest BCUT2D eigenvalue weighted by Crippen LogP contribution is -2.31. The highest BCUT2D eigenvalue weighted by Crippen LogP contribution is 2.36. The summed E-state index contributed by atoms with van der Waals surface area (Å²) >= 11 is 0. The third-order valence-corrected chi connectivity index (χ3v) is 5.75. The predicted molar refractivity (Wildman–Crippen MR) is 129 cm³/mol. The van der Waals surface area contributed by atoms with Gasteiger partial charge in [-0.2, -0.15) is 0 Å². The van der Waals surface area contributed by atoms with Crippen molar-refractivity contribution in [2.75, 3.05) is 19.5 Å². The molecular formula is C27H28N2O5. The van der Waals surface area contributed by atoms with Gasteiger partial charge in [-0.25, -0.2) is 0 Å². The minimum atomic E-state index is -0.425. The van der Waals surface area contributed by atoms with Crippen LogP contribution in [0.5, 0.6) is 11.5 Å². The molecule has 176 valence electrons. The third-order valence-electron chi connectivity index (χ3n) is 5.75. The van der Waals surface area contributed by atoms with Crippen LogP contribution in [0.4, 0.5) is 5.69 Å². The first-order chi connectivity index (χ1) is 16.2. The van der Waals surface area contributed by atoms with Crippen LogP contribution in [0.1, 0.15) is 37.7 Å². The fourth-order valence-corrected chi connectivity index (χ4v) is 3.85. The van der Waals surface area contributed by atoms with E-state index in [-0.39, 0.29) is 23.2 Å². The maximum absolute atomic E-state index is 13.5. The molecule has 0 saturated carbocycles. The van der Waals surface area contributed by atoms with E-state index in [4.69, 9.17) is 13.9 Å². The number of carbonyl (C=O) groups excluding carboxylic acids is 2. The topological polar surface area (TPSA) is 81.0 Å². The van der Waals surface area contributed by atoms with Crippen molar-refractivity contribution >= 4 is 23.1 Å². The van der Waals surface area contributed by atoms with E-state index in [9.17, 15) is 9.59 Å². The number of amides is 2. The normalized spacial score (nSPS) is 14.1. The molecule has 3 aromatic rings. The Bertz CT molecular complexity index is 1240. The quantitative estimate of drug-likeness (QED) is 0.501. The van der Waals surface area contributed by atoms with Crippen LogP contribution in [0.25, 0.3) is 5.57 Å². The summed E-state index contributed by atoms with van der Waals surface area (Å²) in [6, 6.07) is 16.4. The molecule has 7 heteroatoms. The SMILES string of the molecule is COc1ccc(C2=C(Nc3ccc(C(C)(C)C)cc3)C(=O)N(Cc3ccco3)C2=O)cc1OC. The number of furan rings is 1. The van der Waals surface area contributed by atoms with E-state index >= 15 is 0 Å². The maximum Gasteiger partial charge on any atom is 0.278 e. The second kappa shape index (κ2) is 9.09. The number of rotatable bonds is 7. The van der Waals surface area contributed by atoms with Gasteiger partial charge in [0.25, 0.3) is 11.8 Å². The van der Waals surface area contributed by atoms with E-state index < -0.39 is 11.8 Å². The van der Waals surface area contributed by atoms with Crippen molar-refractivity contribution < 1.29 is 23.5 Å². The van der Waals surface area contributed by atoms with Crippen molar-refractivity contribution in [3.63, 3.8) is 0 Å². The minimum absolute atomic E-state index is 0.00158. The first-order valence-corrected chi connectivity index (χ1v) is 11.0. The van der Waals surface area contributed by atoms with Crippen LogP contribution in [0.3, 0.4) is 0 Å². The Hall–Kier alpha value is -4.00. The molecule has 0 radical (unpaired) electrons. The van der Waals surface area contributed by atoms with Crippen molar-refractivity contribution in [1.29, 1.82) is 0 Å². The summed E-state index contributed by atoms with van der Waals surface area (Å²) in [7, 11) is 3.07. The zero-order valence-electron chi connectivity index (χ0n) is 20.0. The lowest BCUT2D eigenvalue weighted by atomic mass is 9.87. The van der Waals surface area contributed by atoms with E-state index in [0.29, 0.717) is 28.5 Å². The van der Waals surface area contributed by atoms with Crippen molar-refractivity contribution in [2.24, 2.45) is 0 Å². The number of benzene rings is 2. The Balaban J connectivity index is 1.76. The van der Waals surface area contributed by atoms with Crippen LogP contribution in [0.2, 0.25) is 0 Å². The Kier molecular flexibility index (Phi) is 6.20. The molecule has 2 amide bonds. The summed E-state index contributed by atoms with van der Waals surface area (Å²) in [6.07, 6.45) is 1.51. The number of hydrogen-bond acceptors (Lipinski definition) is 6. The van der Waals surface area contributed by atoms with Crippen LogP contribution in [-0.4, -0.2) is 30.9 Å². The van der Waals surface area contributed by atoms with Crippen LogP contribution < -0.4 is 14.8 Å². The molecule has 4 rings (SSSR count). The van der Waals surface area contributed by atoms with E-state index in [1.54, 1.807) is 37.4 Å². The largest absolute Gasteiger partial charge is 0.493 e. The molecule has 1 aliphatic heterocycles. The third kappa shape index (κ3) is 4.41. The lowest BCUT2D eigenvalue weighted by Gasteiger charge is -2.19. The molecule has 0 fully saturated rings. The van der Waals surface area contributed by atoms with Gasteiger partial charge in [-0.1, -0.05) is 39.0 Å². The Morgan fingerprint density at radius 1 is 0.912 bits per heavy atom. The molecule has 0 saturated heterocycles. The van der Waals surface area contributed by atoms with Crippen LogP contribution >= 0.6 is 0 Å². The van der Waals surface area contributed by atoms with Gasteiger partial charge in [0.1, 0.15) is 11.5 Å². The zero-order valence-corrected chi connectivity index (χ0v) is 20.0. The molecular weight excluding hydrogens is 432 g/mol. The molecule has 0 bridgehead atoms. The summed E-state index contributed by atoms with van der Waals surface area (Å²) in [4.78, 5) is 28.1. The second-order valence-electron chi connectivity index (χ2n) is 9.05. The van der Waals surface area contributed by atoms with Gasteiger partial charge in [0.05, 0.1) is 32.6 Å². The summed E-state index contributed by atoms with van der Waals surface area (Å²) in [5, 5.41) is 3.19. The van der Waals surface area contributed by atoms with E-state index in [0.717, 1.165) is 0 Å². The number of nitrogens with one attached hydrogen (secondary N) is 1. The number of ether oxygens (including phenoxy) is 2. The molecule has 7 nitrogen and oxygen atoms in total. The summed E-state index contributed by atoms with van der Waals surface area (Å²) in [5.41, 5.74) is 2.89. The number of carbonyl (C=O) groups is 2. The summed E-state index contributed by atoms with van der Waals surface area (Å²) in [5.74, 6) is 0.673. The predicted octanol–water partition coefficient (Wildman–Crippen LogP) is 4.99. The lowest BCUT2D eigenvalue weighted by molar-refractivity contribution is -0.137. The number of methoxy groups -OCH3 is 2. The zero-order chi connectivity index (χ0) is 24.5. The van der Waals surface area contributed by atoms with Crippen LogP contribution in [0, 0.1) is 0 Å². The summed E-state index contributed by atoms with van der Waals surface area (Å²) in [6.45, 7) is 6.45. The Morgan fingerprint density at radius 2 is 1.62 bits per heavy atom. The highest BCUT2D eigenvalue weighted by Gasteiger charge is 2.40. The fraction of sp³-hybridized carbons (Fsp3) is 0.259. The van der Waals surface area contributed by atoms with Gasteiger partial charge in [-0.15, -0.1) is 0 Å². The molecule has 34 heavy (non-hydrogen) atoms. The van der Waals surface area contributed by atoms with Gasteiger partial charge in [-0.05, 0) is 52.9 Å². The van der Waals surface area contributed by atoms with Gasteiger partial charge in [0.15, 0.2) is 11.5 Å². The smallest absolute Gasteiger partial charge is 0.278 e. The number of imide groups is 1. The molecule has 0 unspecified atom stereocenters. The molecule has 0 spiro atoms. The Labute approximate surface area is 199 Å². The van der Waals surface area contributed by atoms with Gasteiger partial charge >= 0.3 is 0 Å². The second-order valence-corrected chi connectivity index (χ2v) is 9.05. The van der Waals surface area contributed by atoms with Crippen molar-refractivity contribution in [3.8, 4) is 11.5 Å². The number of hydrogen-bond donors (Lipinski definition) is 1. The van der Waals surface area contributed by atoms with Gasteiger partial charge < -0.3 is 19.2 Å². The monoisotopic (exact) mass is 460 g/mol. The molecule has 2 aromatic carbocycles. The van der Waals surface area contributed by atoms with Gasteiger partial charge in [0.2, 0.25) is 0 Å². The maximum atomic E-state index is 13.5. The first-order valence-electron chi connectivity index (χ1n) is 11.0. The highest BCUT2D eigenvalue weighted by molar-refractivity contribution is 6.36. The van der Waals surface area contributed by atoms with E-state index in [1.165, 1.54) is 23.8 Å². The summed E-state index contributed by atoms with van der Waals surface area (Å²) < 4.78 is 16.1. The van der Waals surface area contributed by atoms with Gasteiger partial charge in [-0.3, -0.25) is 14.5 Å². The van der Waals surface area contributed by atoms with Gasteiger partial charge in [0, 0.05) is 5.69 Å². The van der Waals surface area contributed by atoms with Crippen LogP contribution in [-0.2, 0) is 21.5 Å². The number of nitrogens with zero attached hydrogens (tertiary/aromatic N) is 1. The molecule has 1 aromatic heterocycles. The molecule has 1 aliphatic rings. The van der Waals surface area contributed by atoms with Crippen molar-refractivity contribution in [1.82, 2.24) is 4.90 Å². The van der Waals surface area contributed by atoms with E-state index in [2.05, 4.69) is 26.1 Å². The molecule has 1 N–H and O–H groups in total. The molecule has 2 heterocycles.